The zero-order chi connectivity index (χ0) is 10.3. The Hall–Kier alpha value is -1.05. The van der Waals surface area contributed by atoms with Crippen LogP contribution in [0.5, 0.6) is 0 Å². The molecule has 0 saturated carbocycles. The topological polar surface area (TPSA) is 26.3 Å². The van der Waals surface area contributed by atoms with Crippen molar-refractivity contribution in [3.05, 3.63) is 24.3 Å². The van der Waals surface area contributed by atoms with Crippen LogP contribution in [0.4, 0.5) is 0 Å². The lowest BCUT2D eigenvalue weighted by molar-refractivity contribution is -0.139. The Morgan fingerprint density at radius 2 is 2.23 bits per heavy atom. The van der Waals surface area contributed by atoms with Crippen LogP contribution < -0.4 is 0 Å². The molecule has 0 aliphatic heterocycles. The van der Waals surface area contributed by atoms with Crippen molar-refractivity contribution >= 4 is 5.97 Å². The minimum atomic E-state index is -0.223. The predicted molar refractivity (Wildman–Crippen MR) is 54.4 cm³/mol. The molecular formula is C11H18O2. The number of hydrogen-bond donors (Lipinski definition) is 0. The molecule has 0 aromatic carbocycles. The normalized spacial score (nSPS) is 13.6. The van der Waals surface area contributed by atoms with Crippen molar-refractivity contribution in [1.29, 1.82) is 0 Å². The fraction of sp³-hybridized carbons (Fsp3) is 0.545. The van der Waals surface area contributed by atoms with Crippen LogP contribution in [0.15, 0.2) is 24.3 Å². The van der Waals surface area contributed by atoms with Crippen LogP contribution in [0.2, 0.25) is 0 Å². The summed E-state index contributed by atoms with van der Waals surface area (Å²) in [6, 6.07) is 0. The van der Waals surface area contributed by atoms with E-state index in [1.54, 1.807) is 13.0 Å². The Kier molecular flexibility index (Phi) is 5.94. The summed E-state index contributed by atoms with van der Waals surface area (Å²) in [6.07, 6.45) is 4.45. The molecule has 13 heavy (non-hydrogen) atoms. The number of allylic oxidation sites excluding steroid dienone is 2. The van der Waals surface area contributed by atoms with Gasteiger partial charge in [0.1, 0.15) is 0 Å². The van der Waals surface area contributed by atoms with Gasteiger partial charge in [-0.15, -0.1) is 6.58 Å². The minimum absolute atomic E-state index is 0.223. The van der Waals surface area contributed by atoms with Crippen molar-refractivity contribution in [2.24, 2.45) is 5.92 Å². The molecule has 1 unspecified atom stereocenters. The van der Waals surface area contributed by atoms with Gasteiger partial charge in [0.05, 0.1) is 6.61 Å². The predicted octanol–water partition coefficient (Wildman–Crippen LogP) is 2.71. The maximum atomic E-state index is 11.1. The summed E-state index contributed by atoms with van der Waals surface area (Å²) < 4.78 is 5.01. The monoisotopic (exact) mass is 182 g/mol. The summed E-state index contributed by atoms with van der Waals surface area (Å²) in [5, 5.41) is 0. The van der Waals surface area contributed by atoms with Crippen LogP contribution in [0.25, 0.3) is 0 Å². The molecule has 2 heteroatoms. The standard InChI is InChI=1S/C11H18O2/c1-5-9(3)7-8-13-11(12)10(4)6-2/h5-6,9H,1,7-8H2,2-4H3/b10-6-. The fourth-order valence-corrected chi connectivity index (χ4v) is 0.687. The summed E-state index contributed by atoms with van der Waals surface area (Å²) in [5.74, 6) is 0.178. The summed E-state index contributed by atoms with van der Waals surface area (Å²) in [7, 11) is 0. The van der Waals surface area contributed by atoms with Gasteiger partial charge in [-0.2, -0.15) is 0 Å². The molecule has 0 aromatic heterocycles. The van der Waals surface area contributed by atoms with Gasteiger partial charge in [-0.1, -0.05) is 19.1 Å². The van der Waals surface area contributed by atoms with Crippen LogP contribution in [0, 0.1) is 5.92 Å². The molecule has 0 aliphatic rings. The maximum Gasteiger partial charge on any atom is 0.333 e. The van der Waals surface area contributed by atoms with Crippen LogP contribution in [-0.2, 0) is 9.53 Å². The number of esters is 1. The molecule has 0 radical (unpaired) electrons. The van der Waals surface area contributed by atoms with Crippen molar-refractivity contribution in [2.45, 2.75) is 27.2 Å². The summed E-state index contributed by atoms with van der Waals surface area (Å²) in [4.78, 5) is 11.1. The second-order valence-corrected chi connectivity index (χ2v) is 3.11. The Morgan fingerprint density at radius 1 is 1.62 bits per heavy atom. The van der Waals surface area contributed by atoms with E-state index in [0.717, 1.165) is 6.42 Å². The van der Waals surface area contributed by atoms with E-state index < -0.39 is 0 Å². The molecule has 0 N–H and O–H groups in total. The van der Waals surface area contributed by atoms with Gasteiger partial charge in [-0.25, -0.2) is 4.79 Å². The van der Waals surface area contributed by atoms with Gasteiger partial charge < -0.3 is 4.74 Å². The van der Waals surface area contributed by atoms with Gasteiger partial charge in [0.2, 0.25) is 0 Å². The van der Waals surface area contributed by atoms with E-state index in [4.69, 9.17) is 4.74 Å². The molecule has 0 bridgehead atoms. The lowest BCUT2D eigenvalue weighted by Gasteiger charge is -2.06. The van der Waals surface area contributed by atoms with Crippen LogP contribution >= 0.6 is 0 Å². The van der Waals surface area contributed by atoms with E-state index in [1.165, 1.54) is 0 Å². The lowest BCUT2D eigenvalue weighted by Crippen LogP contribution is -2.08. The van der Waals surface area contributed by atoms with Crippen molar-refractivity contribution in [2.75, 3.05) is 6.61 Å². The van der Waals surface area contributed by atoms with Gasteiger partial charge in [-0.05, 0) is 26.2 Å². The highest BCUT2D eigenvalue weighted by molar-refractivity contribution is 5.87. The first-order chi connectivity index (χ1) is 6.11. The quantitative estimate of drug-likeness (QED) is 0.371. The molecule has 0 fully saturated rings. The SMILES string of the molecule is C=CC(C)CCOC(=O)/C(C)=C\C. The summed E-state index contributed by atoms with van der Waals surface area (Å²) in [6.45, 7) is 9.74. The average Bonchev–Trinajstić information content (AvgIpc) is 2.15. The van der Waals surface area contributed by atoms with Gasteiger partial charge in [0, 0.05) is 5.57 Å². The smallest absolute Gasteiger partial charge is 0.333 e. The third kappa shape index (κ3) is 5.23. The highest BCUT2D eigenvalue weighted by Gasteiger charge is 2.04. The first kappa shape index (κ1) is 11.9. The molecule has 1 atom stereocenters. The molecular weight excluding hydrogens is 164 g/mol. The number of ether oxygens (including phenoxy) is 1. The first-order valence-corrected chi connectivity index (χ1v) is 4.54. The Balaban J connectivity index is 3.66. The summed E-state index contributed by atoms with van der Waals surface area (Å²) >= 11 is 0. The molecule has 0 heterocycles. The third-order valence-electron chi connectivity index (χ3n) is 1.96. The Labute approximate surface area is 80.3 Å². The minimum Gasteiger partial charge on any atom is -0.462 e. The molecule has 0 saturated heterocycles. The number of hydrogen-bond acceptors (Lipinski definition) is 2. The lowest BCUT2D eigenvalue weighted by atomic mass is 10.1. The number of carbonyl (C=O) groups is 1. The van der Waals surface area contributed by atoms with E-state index in [0.29, 0.717) is 18.1 Å². The third-order valence-corrected chi connectivity index (χ3v) is 1.96. The van der Waals surface area contributed by atoms with Crippen LogP contribution in [0.1, 0.15) is 27.2 Å². The molecule has 0 rings (SSSR count). The fourth-order valence-electron chi connectivity index (χ4n) is 0.687. The Morgan fingerprint density at radius 3 is 2.69 bits per heavy atom. The largest absolute Gasteiger partial charge is 0.462 e. The second-order valence-electron chi connectivity index (χ2n) is 3.11. The highest BCUT2D eigenvalue weighted by atomic mass is 16.5. The van der Waals surface area contributed by atoms with E-state index in [2.05, 4.69) is 6.58 Å². The Bertz CT molecular complexity index is 204. The second kappa shape index (κ2) is 6.46. The van der Waals surface area contributed by atoms with E-state index in [9.17, 15) is 4.79 Å². The van der Waals surface area contributed by atoms with E-state index >= 15 is 0 Å². The van der Waals surface area contributed by atoms with Crippen molar-refractivity contribution in [3.63, 3.8) is 0 Å². The van der Waals surface area contributed by atoms with Gasteiger partial charge in [0.25, 0.3) is 0 Å². The maximum absolute atomic E-state index is 11.1. The zero-order valence-electron chi connectivity index (χ0n) is 8.67. The van der Waals surface area contributed by atoms with Crippen LogP contribution in [0.3, 0.4) is 0 Å². The molecule has 0 aliphatic carbocycles. The summed E-state index contributed by atoms with van der Waals surface area (Å²) in [5.41, 5.74) is 0.659. The van der Waals surface area contributed by atoms with Crippen molar-refractivity contribution in [1.82, 2.24) is 0 Å². The van der Waals surface area contributed by atoms with E-state index in [-0.39, 0.29) is 5.97 Å². The van der Waals surface area contributed by atoms with Crippen molar-refractivity contribution in [3.8, 4) is 0 Å². The average molecular weight is 182 g/mol. The zero-order valence-corrected chi connectivity index (χ0v) is 8.67. The number of carbonyl (C=O) groups excluding carboxylic acids is 1. The van der Waals surface area contributed by atoms with Gasteiger partial charge in [-0.3, -0.25) is 0 Å². The van der Waals surface area contributed by atoms with Gasteiger partial charge >= 0.3 is 5.97 Å². The molecule has 0 amide bonds. The molecule has 0 aromatic rings. The highest BCUT2D eigenvalue weighted by Crippen LogP contribution is 2.04. The number of rotatable bonds is 5. The van der Waals surface area contributed by atoms with Gasteiger partial charge in [0.15, 0.2) is 0 Å². The van der Waals surface area contributed by atoms with Crippen molar-refractivity contribution < 1.29 is 9.53 Å². The molecule has 0 spiro atoms. The molecule has 2 nitrogen and oxygen atoms in total. The van der Waals surface area contributed by atoms with Crippen LogP contribution in [-0.4, -0.2) is 12.6 Å². The van der Waals surface area contributed by atoms with E-state index in [1.807, 2.05) is 19.9 Å². The first-order valence-electron chi connectivity index (χ1n) is 4.54. The molecule has 74 valence electrons.